The molecule has 7 rings (SSSR count). The Balaban J connectivity index is 1.38. The fourth-order valence-corrected chi connectivity index (χ4v) is 6.99. The summed E-state index contributed by atoms with van der Waals surface area (Å²) in [6.07, 6.45) is 3.96. The number of para-hydroxylation sites is 1. The zero-order valence-electron chi connectivity index (χ0n) is 21.0. The van der Waals surface area contributed by atoms with Gasteiger partial charge in [-0.05, 0) is 57.2 Å². The van der Waals surface area contributed by atoms with Gasteiger partial charge in [0.25, 0.3) is 0 Å². The number of amides is 2. The Kier molecular flexibility index (Phi) is 5.45. The van der Waals surface area contributed by atoms with E-state index in [2.05, 4.69) is 15.9 Å². The monoisotopic (exact) mass is 578 g/mol. The van der Waals surface area contributed by atoms with Gasteiger partial charge >= 0.3 is 0 Å². The zero-order valence-corrected chi connectivity index (χ0v) is 22.5. The number of Topliss-reactive ketones (excluding diaryl/α,β-unsaturated/α-hetero) is 1. The summed E-state index contributed by atoms with van der Waals surface area (Å²) < 4.78 is 6.00. The molecule has 0 radical (unpaired) electrons. The molecule has 4 aromatic carbocycles. The first kappa shape index (κ1) is 23.9. The number of carbonyl (C=O) groups is 3. The molecule has 7 heteroatoms. The summed E-state index contributed by atoms with van der Waals surface area (Å²) in [5.41, 5.74) is 2.81. The number of rotatable bonds is 4. The van der Waals surface area contributed by atoms with Crippen molar-refractivity contribution in [1.29, 1.82) is 0 Å². The Morgan fingerprint density at radius 1 is 0.846 bits per heavy atom. The SMILES string of the molecule is COc1ccc(C(=O)[C@@H]2[C@@H]3C(=O)N(c4cccc5ccccc45)C(=O)[C@@H]3[C@@H]3C=Cc4ccccc4N23)cc1Br. The minimum Gasteiger partial charge on any atom is -0.496 e. The minimum atomic E-state index is -0.845. The van der Waals surface area contributed by atoms with Crippen LogP contribution in [0.4, 0.5) is 11.4 Å². The third kappa shape index (κ3) is 3.42. The van der Waals surface area contributed by atoms with E-state index in [1.165, 1.54) is 4.90 Å². The molecular weight excluding hydrogens is 556 g/mol. The second kappa shape index (κ2) is 8.92. The molecule has 4 atom stereocenters. The van der Waals surface area contributed by atoms with Gasteiger partial charge in [-0.2, -0.15) is 0 Å². The Morgan fingerprint density at radius 2 is 1.56 bits per heavy atom. The van der Waals surface area contributed by atoms with Gasteiger partial charge in [-0.1, -0.05) is 66.7 Å². The highest BCUT2D eigenvalue weighted by Crippen LogP contribution is 2.50. The summed E-state index contributed by atoms with van der Waals surface area (Å²) in [4.78, 5) is 46.0. The number of anilines is 2. The van der Waals surface area contributed by atoms with Gasteiger partial charge in [-0.15, -0.1) is 0 Å². The normalized spacial score (nSPS) is 23.1. The van der Waals surface area contributed by atoms with Crippen molar-refractivity contribution in [3.63, 3.8) is 0 Å². The van der Waals surface area contributed by atoms with E-state index in [4.69, 9.17) is 4.74 Å². The van der Waals surface area contributed by atoms with Crippen molar-refractivity contribution in [2.45, 2.75) is 12.1 Å². The van der Waals surface area contributed by atoms with Crippen molar-refractivity contribution in [2.75, 3.05) is 16.9 Å². The lowest BCUT2D eigenvalue weighted by Gasteiger charge is -2.36. The topological polar surface area (TPSA) is 66.9 Å². The summed E-state index contributed by atoms with van der Waals surface area (Å²) in [7, 11) is 1.56. The average molecular weight is 579 g/mol. The van der Waals surface area contributed by atoms with Crippen LogP contribution >= 0.6 is 15.9 Å². The van der Waals surface area contributed by atoms with E-state index in [1.54, 1.807) is 31.4 Å². The van der Waals surface area contributed by atoms with Crippen LogP contribution in [0.5, 0.6) is 5.75 Å². The highest BCUT2D eigenvalue weighted by atomic mass is 79.9. The number of imide groups is 1. The maximum absolute atomic E-state index is 14.3. The second-order valence-corrected chi connectivity index (χ2v) is 10.9. The average Bonchev–Trinajstić information content (AvgIpc) is 3.44. The highest BCUT2D eigenvalue weighted by Gasteiger charge is 2.64. The summed E-state index contributed by atoms with van der Waals surface area (Å²) in [5, 5.41) is 1.77. The van der Waals surface area contributed by atoms with Gasteiger partial charge in [0.2, 0.25) is 11.8 Å². The Morgan fingerprint density at radius 3 is 2.38 bits per heavy atom. The number of fused-ring (bicyclic) bond motifs is 6. The molecule has 2 amide bonds. The van der Waals surface area contributed by atoms with Gasteiger partial charge in [0.05, 0.1) is 35.1 Å². The Labute approximate surface area is 233 Å². The van der Waals surface area contributed by atoms with Gasteiger partial charge in [0, 0.05) is 16.6 Å². The molecule has 3 aliphatic heterocycles. The number of hydrogen-bond donors (Lipinski definition) is 0. The van der Waals surface area contributed by atoms with E-state index in [1.807, 2.05) is 77.7 Å². The van der Waals surface area contributed by atoms with E-state index < -0.39 is 23.9 Å². The molecule has 39 heavy (non-hydrogen) atoms. The molecular formula is C32H23BrN2O4. The van der Waals surface area contributed by atoms with Crippen LogP contribution in [-0.2, 0) is 9.59 Å². The first-order valence-corrected chi connectivity index (χ1v) is 13.6. The van der Waals surface area contributed by atoms with Crippen LogP contribution in [-0.4, -0.2) is 36.8 Å². The van der Waals surface area contributed by atoms with Crippen molar-refractivity contribution in [1.82, 2.24) is 0 Å². The Hall–Kier alpha value is -4.23. The van der Waals surface area contributed by atoms with Crippen LogP contribution in [0.15, 0.2) is 95.5 Å². The predicted octanol–water partition coefficient (Wildman–Crippen LogP) is 5.88. The third-order valence-corrected chi connectivity index (χ3v) is 8.75. The van der Waals surface area contributed by atoms with Crippen LogP contribution < -0.4 is 14.5 Å². The number of halogens is 1. The molecule has 0 aliphatic carbocycles. The quantitative estimate of drug-likeness (QED) is 0.223. The molecule has 192 valence electrons. The number of carbonyl (C=O) groups excluding carboxylic acids is 3. The molecule has 0 spiro atoms. The standard InChI is InChI=1S/C32H23BrN2O4/c1-39-26-16-14-20(17-22(26)33)30(36)29-28-27(25-15-13-19-8-3-5-11-23(19)34(25)29)31(37)35(32(28)38)24-12-6-9-18-7-2-4-10-21(18)24/h2-17,25,27-29H,1H3/t25-,27+,28+,29-/m0/s1. The van der Waals surface area contributed by atoms with Crippen molar-refractivity contribution < 1.29 is 19.1 Å². The van der Waals surface area contributed by atoms with Crippen molar-refractivity contribution in [3.8, 4) is 5.75 Å². The number of ketones is 1. The smallest absolute Gasteiger partial charge is 0.240 e. The molecule has 0 bridgehead atoms. The molecule has 0 aromatic heterocycles. The van der Waals surface area contributed by atoms with Crippen LogP contribution in [0.2, 0.25) is 0 Å². The van der Waals surface area contributed by atoms with Gasteiger partial charge < -0.3 is 9.64 Å². The van der Waals surface area contributed by atoms with E-state index >= 15 is 0 Å². The maximum atomic E-state index is 14.3. The van der Waals surface area contributed by atoms with Crippen LogP contribution in [0.25, 0.3) is 16.8 Å². The Bertz CT molecular complexity index is 1730. The summed E-state index contributed by atoms with van der Waals surface area (Å²) >= 11 is 3.49. The lowest BCUT2D eigenvalue weighted by molar-refractivity contribution is -0.122. The van der Waals surface area contributed by atoms with E-state index in [-0.39, 0.29) is 17.6 Å². The third-order valence-electron chi connectivity index (χ3n) is 8.13. The van der Waals surface area contributed by atoms with Gasteiger partial charge in [0.15, 0.2) is 5.78 Å². The molecule has 0 saturated carbocycles. The van der Waals surface area contributed by atoms with Crippen molar-refractivity contribution >= 4 is 61.8 Å². The van der Waals surface area contributed by atoms with Gasteiger partial charge in [-0.25, -0.2) is 4.90 Å². The first-order chi connectivity index (χ1) is 19.0. The largest absolute Gasteiger partial charge is 0.496 e. The van der Waals surface area contributed by atoms with Crippen LogP contribution in [0, 0.1) is 11.8 Å². The number of nitrogens with zero attached hydrogens (tertiary/aromatic N) is 2. The molecule has 4 aromatic rings. The fraction of sp³-hybridized carbons (Fsp3) is 0.156. The molecule has 3 heterocycles. The lowest BCUT2D eigenvalue weighted by atomic mass is 9.86. The number of ether oxygens (including phenoxy) is 1. The van der Waals surface area contributed by atoms with E-state index in [9.17, 15) is 14.4 Å². The van der Waals surface area contributed by atoms with Crippen molar-refractivity contribution in [3.05, 3.63) is 107 Å². The molecule has 2 fully saturated rings. The maximum Gasteiger partial charge on any atom is 0.240 e. The van der Waals surface area contributed by atoms with E-state index in [0.717, 1.165) is 22.0 Å². The number of methoxy groups -OCH3 is 1. The molecule has 0 unspecified atom stereocenters. The molecule has 0 N–H and O–H groups in total. The minimum absolute atomic E-state index is 0.207. The number of hydrogen-bond acceptors (Lipinski definition) is 5. The van der Waals surface area contributed by atoms with E-state index in [0.29, 0.717) is 21.5 Å². The van der Waals surface area contributed by atoms with Crippen molar-refractivity contribution in [2.24, 2.45) is 11.8 Å². The van der Waals surface area contributed by atoms with Gasteiger partial charge in [0.1, 0.15) is 11.8 Å². The van der Waals surface area contributed by atoms with Crippen LogP contribution in [0.1, 0.15) is 15.9 Å². The number of benzene rings is 4. The lowest BCUT2D eigenvalue weighted by Crippen LogP contribution is -2.48. The second-order valence-electron chi connectivity index (χ2n) is 10.0. The fourth-order valence-electron chi connectivity index (χ4n) is 6.44. The molecule has 6 nitrogen and oxygen atoms in total. The summed E-state index contributed by atoms with van der Waals surface area (Å²) in [6.45, 7) is 0. The predicted molar refractivity (Wildman–Crippen MR) is 154 cm³/mol. The van der Waals surface area contributed by atoms with Gasteiger partial charge in [-0.3, -0.25) is 14.4 Å². The summed E-state index contributed by atoms with van der Waals surface area (Å²) in [5.74, 6) is -1.72. The zero-order chi connectivity index (χ0) is 26.8. The van der Waals surface area contributed by atoms with Crippen LogP contribution in [0.3, 0.4) is 0 Å². The molecule has 3 aliphatic rings. The first-order valence-electron chi connectivity index (χ1n) is 12.8. The molecule has 2 saturated heterocycles. The summed E-state index contributed by atoms with van der Waals surface area (Å²) in [6, 6.07) is 25.0. The highest BCUT2D eigenvalue weighted by molar-refractivity contribution is 9.10.